The van der Waals surface area contributed by atoms with E-state index in [0.717, 1.165) is 42.3 Å². The van der Waals surface area contributed by atoms with Crippen LogP contribution in [0.25, 0.3) is 13.2 Å². The summed E-state index contributed by atoms with van der Waals surface area (Å²) in [5, 5.41) is 5.42. The lowest BCUT2D eigenvalue weighted by molar-refractivity contribution is 0.372. The second-order valence-electron chi connectivity index (χ2n) is 6.06. The van der Waals surface area contributed by atoms with Crippen LogP contribution < -0.4 is 16.0 Å². The van der Waals surface area contributed by atoms with E-state index in [1.807, 2.05) is 12.1 Å². The second kappa shape index (κ2) is 5.94. The van der Waals surface area contributed by atoms with Crippen molar-refractivity contribution in [2.75, 3.05) is 6.54 Å². The molecule has 0 aliphatic rings. The van der Waals surface area contributed by atoms with E-state index in [0.29, 0.717) is 5.41 Å². The predicted molar refractivity (Wildman–Crippen MR) is 80.6 cm³/mol. The van der Waals surface area contributed by atoms with Crippen LogP contribution >= 0.6 is 0 Å². The van der Waals surface area contributed by atoms with Crippen LogP contribution in [0.15, 0.2) is 24.4 Å². The Kier molecular flexibility index (Phi) is 4.83. The number of aromatic nitrogens is 1. The first-order valence-electron chi connectivity index (χ1n) is 6.55. The van der Waals surface area contributed by atoms with Crippen LogP contribution in [-0.2, 0) is 6.54 Å². The van der Waals surface area contributed by atoms with Crippen LogP contribution in [0.5, 0.6) is 0 Å². The van der Waals surface area contributed by atoms with Gasteiger partial charge in [-0.25, -0.2) is 0 Å². The Labute approximate surface area is 111 Å². The third-order valence-corrected chi connectivity index (χ3v) is 3.05. The minimum atomic E-state index is 0.370. The van der Waals surface area contributed by atoms with Crippen LogP contribution in [-0.4, -0.2) is 11.1 Å². The zero-order valence-electron chi connectivity index (χ0n) is 12.1. The lowest BCUT2D eigenvalue weighted by Crippen LogP contribution is -2.26. The van der Waals surface area contributed by atoms with Crippen molar-refractivity contribution >= 4 is 13.2 Å². The van der Waals surface area contributed by atoms with E-state index in [4.69, 9.17) is 0 Å². The monoisotopic (exact) mass is 246 g/mol. The lowest BCUT2D eigenvalue weighted by atomic mass is 9.92. The Hall–Kier alpha value is -1.44. The van der Waals surface area contributed by atoms with Crippen molar-refractivity contribution in [2.45, 2.75) is 40.2 Å². The summed E-state index contributed by atoms with van der Waals surface area (Å²) in [5.74, 6) is 0. The summed E-state index contributed by atoms with van der Waals surface area (Å²) in [7, 11) is 0. The molecule has 2 heteroatoms. The summed E-state index contributed by atoms with van der Waals surface area (Å²) < 4.78 is 2.12. The summed E-state index contributed by atoms with van der Waals surface area (Å²) in [5.41, 5.74) is 1.46. The molecule has 0 spiro atoms. The Morgan fingerprint density at radius 2 is 1.78 bits per heavy atom. The molecule has 0 saturated carbocycles. The SMILES string of the molecule is C=C(CCn1c(=C)ccc1=C)NCCC(C)(C)C. The molecule has 18 heavy (non-hydrogen) atoms. The Morgan fingerprint density at radius 1 is 1.22 bits per heavy atom. The largest absolute Gasteiger partial charge is 0.389 e. The van der Waals surface area contributed by atoms with E-state index in [1.165, 1.54) is 0 Å². The molecule has 0 radical (unpaired) electrons. The van der Waals surface area contributed by atoms with E-state index in [9.17, 15) is 0 Å². The molecule has 0 bridgehead atoms. The van der Waals surface area contributed by atoms with Crippen LogP contribution in [0.4, 0.5) is 0 Å². The van der Waals surface area contributed by atoms with E-state index in [1.54, 1.807) is 0 Å². The van der Waals surface area contributed by atoms with E-state index >= 15 is 0 Å². The first kappa shape index (κ1) is 14.6. The molecule has 0 fully saturated rings. The molecule has 0 aliphatic carbocycles. The molecule has 0 unspecified atom stereocenters. The molecule has 100 valence electrons. The third-order valence-electron chi connectivity index (χ3n) is 3.05. The number of nitrogens with zero attached hydrogens (tertiary/aromatic N) is 1. The fraction of sp³-hybridized carbons (Fsp3) is 0.500. The van der Waals surface area contributed by atoms with Gasteiger partial charge in [0, 0.05) is 35.9 Å². The van der Waals surface area contributed by atoms with Crippen molar-refractivity contribution in [3.05, 3.63) is 35.1 Å². The van der Waals surface area contributed by atoms with Gasteiger partial charge in [0.1, 0.15) is 0 Å². The van der Waals surface area contributed by atoms with E-state index in [-0.39, 0.29) is 0 Å². The van der Waals surface area contributed by atoms with Gasteiger partial charge in [-0.2, -0.15) is 0 Å². The molecular weight excluding hydrogens is 220 g/mol. The fourth-order valence-corrected chi connectivity index (χ4v) is 1.79. The molecule has 1 rings (SSSR count). The molecule has 0 aromatic carbocycles. The van der Waals surface area contributed by atoms with Crippen molar-refractivity contribution < 1.29 is 0 Å². The van der Waals surface area contributed by atoms with Crippen molar-refractivity contribution in [1.82, 2.24) is 9.88 Å². The van der Waals surface area contributed by atoms with Crippen LogP contribution in [0.1, 0.15) is 33.6 Å². The summed E-state index contributed by atoms with van der Waals surface area (Å²) in [4.78, 5) is 0. The van der Waals surface area contributed by atoms with Crippen molar-refractivity contribution in [3.63, 3.8) is 0 Å². The van der Waals surface area contributed by atoms with Gasteiger partial charge in [-0.3, -0.25) is 0 Å². The molecule has 0 amide bonds. The quantitative estimate of drug-likeness (QED) is 0.814. The topological polar surface area (TPSA) is 17.0 Å². The highest BCUT2D eigenvalue weighted by Crippen LogP contribution is 2.17. The van der Waals surface area contributed by atoms with Crippen LogP contribution in [0.2, 0.25) is 0 Å². The van der Waals surface area contributed by atoms with Gasteiger partial charge in [0.05, 0.1) is 0 Å². The predicted octanol–water partition coefficient (Wildman–Crippen LogP) is 2.24. The van der Waals surface area contributed by atoms with Gasteiger partial charge >= 0.3 is 0 Å². The van der Waals surface area contributed by atoms with Gasteiger partial charge in [0.25, 0.3) is 0 Å². The number of hydrogen-bond acceptors (Lipinski definition) is 1. The molecule has 0 saturated heterocycles. The Morgan fingerprint density at radius 3 is 2.28 bits per heavy atom. The molecule has 0 aliphatic heterocycles. The maximum Gasteiger partial charge on any atom is 0.0338 e. The zero-order chi connectivity index (χ0) is 13.8. The summed E-state index contributed by atoms with van der Waals surface area (Å²) in [6, 6.07) is 4.00. The first-order valence-corrected chi connectivity index (χ1v) is 6.55. The minimum Gasteiger partial charge on any atom is -0.389 e. The second-order valence-corrected chi connectivity index (χ2v) is 6.06. The third kappa shape index (κ3) is 4.82. The highest BCUT2D eigenvalue weighted by atomic mass is 15.0. The minimum absolute atomic E-state index is 0.370. The Balaban J connectivity index is 2.34. The van der Waals surface area contributed by atoms with Gasteiger partial charge < -0.3 is 9.88 Å². The van der Waals surface area contributed by atoms with Crippen molar-refractivity contribution in [1.29, 1.82) is 0 Å². The molecule has 2 nitrogen and oxygen atoms in total. The molecule has 1 N–H and O–H groups in total. The van der Waals surface area contributed by atoms with E-state index in [2.05, 4.69) is 50.4 Å². The summed E-state index contributed by atoms with van der Waals surface area (Å²) in [6.45, 7) is 20.7. The van der Waals surface area contributed by atoms with Gasteiger partial charge in [0.2, 0.25) is 0 Å². The first-order chi connectivity index (χ1) is 8.29. The molecular formula is C16H26N2. The van der Waals surface area contributed by atoms with Gasteiger partial charge in [-0.05, 0) is 24.0 Å². The smallest absolute Gasteiger partial charge is 0.0338 e. The van der Waals surface area contributed by atoms with Crippen LogP contribution in [0.3, 0.4) is 0 Å². The van der Waals surface area contributed by atoms with Gasteiger partial charge in [0.15, 0.2) is 0 Å². The maximum atomic E-state index is 4.07. The van der Waals surface area contributed by atoms with Gasteiger partial charge in [-0.15, -0.1) is 0 Å². The fourth-order valence-electron chi connectivity index (χ4n) is 1.79. The van der Waals surface area contributed by atoms with Gasteiger partial charge in [-0.1, -0.05) is 40.5 Å². The average molecular weight is 246 g/mol. The van der Waals surface area contributed by atoms with E-state index < -0.39 is 0 Å². The summed E-state index contributed by atoms with van der Waals surface area (Å²) >= 11 is 0. The zero-order valence-corrected chi connectivity index (χ0v) is 12.1. The summed E-state index contributed by atoms with van der Waals surface area (Å²) in [6.07, 6.45) is 2.07. The maximum absolute atomic E-state index is 4.07. The number of nitrogens with one attached hydrogen (secondary N) is 1. The Bertz CT molecular complexity index is 461. The molecule has 1 heterocycles. The molecule has 1 aromatic rings. The highest BCUT2D eigenvalue weighted by molar-refractivity contribution is 5.09. The van der Waals surface area contributed by atoms with Crippen LogP contribution in [0, 0.1) is 5.41 Å². The molecule has 1 aromatic heterocycles. The average Bonchev–Trinajstić information content (AvgIpc) is 2.54. The standard InChI is InChI=1S/C16H26N2/c1-13(17-11-10-16(4,5)6)9-12-18-14(2)7-8-15(18)3/h7-8,17H,1-3,9-12H2,4-6H3. The molecule has 0 atom stereocenters. The normalized spacial score (nSPS) is 11.5. The number of rotatable bonds is 6. The van der Waals surface area contributed by atoms with Crippen molar-refractivity contribution in [2.24, 2.45) is 5.41 Å². The lowest BCUT2D eigenvalue weighted by Gasteiger charge is -2.19. The number of allylic oxidation sites excluding steroid dienone is 1. The highest BCUT2D eigenvalue weighted by Gasteiger charge is 2.09. The number of hydrogen-bond donors (Lipinski definition) is 1. The van der Waals surface area contributed by atoms with Crippen molar-refractivity contribution in [3.8, 4) is 0 Å².